The normalized spacial score (nSPS) is 11.3. The van der Waals surface area contributed by atoms with Crippen LogP contribution < -0.4 is 5.56 Å². The molecule has 0 aliphatic carbocycles. The van der Waals surface area contributed by atoms with Crippen molar-refractivity contribution >= 4 is 46.0 Å². The van der Waals surface area contributed by atoms with Crippen molar-refractivity contribution < 1.29 is 9.18 Å². The van der Waals surface area contributed by atoms with E-state index in [1.54, 1.807) is 18.2 Å². The number of halogens is 3. The van der Waals surface area contributed by atoms with Crippen molar-refractivity contribution in [2.45, 2.75) is 0 Å². The van der Waals surface area contributed by atoms with E-state index in [2.05, 4.69) is 4.98 Å². The summed E-state index contributed by atoms with van der Waals surface area (Å²) in [6.45, 7) is 0. The van der Waals surface area contributed by atoms with Crippen LogP contribution in [0.15, 0.2) is 77.6 Å². The second kappa shape index (κ2) is 8.27. The summed E-state index contributed by atoms with van der Waals surface area (Å²) in [4.78, 5) is 28.7. The first-order valence-electron chi connectivity index (χ1n) is 9.02. The molecule has 1 aromatic heterocycles. The standard InChI is InChI=1S/C24H14Cl2FNO2/c25-16-8-10-20-18(12-16)22(15-4-2-1-3-5-15)23(24(30)28-20)21(29)11-7-14-6-9-17(27)13-19(14)26/h1-13H,(H,28,30)/b11-7+. The maximum atomic E-state index is 13.3. The predicted molar refractivity (Wildman–Crippen MR) is 120 cm³/mol. The molecule has 1 N–H and O–H groups in total. The van der Waals surface area contributed by atoms with E-state index in [0.29, 0.717) is 32.6 Å². The zero-order chi connectivity index (χ0) is 21.3. The Hall–Kier alpha value is -3.21. The number of nitrogens with one attached hydrogen (secondary N) is 1. The molecule has 4 aromatic rings. The minimum atomic E-state index is -0.511. The number of hydrogen-bond acceptors (Lipinski definition) is 2. The first-order chi connectivity index (χ1) is 14.4. The van der Waals surface area contributed by atoms with Crippen LogP contribution in [0.4, 0.5) is 4.39 Å². The molecule has 3 aromatic carbocycles. The molecule has 0 bridgehead atoms. The summed E-state index contributed by atoms with van der Waals surface area (Å²) < 4.78 is 13.3. The average molecular weight is 438 g/mol. The third-order valence-electron chi connectivity index (χ3n) is 4.66. The molecule has 0 amide bonds. The van der Waals surface area contributed by atoms with Crippen LogP contribution in [0.3, 0.4) is 0 Å². The number of rotatable bonds is 4. The Morgan fingerprint density at radius 1 is 0.967 bits per heavy atom. The van der Waals surface area contributed by atoms with Gasteiger partial charge in [0.05, 0.1) is 10.6 Å². The Morgan fingerprint density at radius 3 is 2.47 bits per heavy atom. The van der Waals surface area contributed by atoms with Gasteiger partial charge in [-0.25, -0.2) is 4.39 Å². The summed E-state index contributed by atoms with van der Waals surface area (Å²) in [5, 5.41) is 1.31. The summed E-state index contributed by atoms with van der Waals surface area (Å²) in [5.74, 6) is -0.977. The van der Waals surface area contributed by atoms with Gasteiger partial charge in [-0.15, -0.1) is 0 Å². The van der Waals surface area contributed by atoms with Crippen molar-refractivity contribution in [1.29, 1.82) is 0 Å². The largest absolute Gasteiger partial charge is 0.321 e. The van der Waals surface area contributed by atoms with Crippen molar-refractivity contribution in [1.82, 2.24) is 4.98 Å². The molecule has 6 heteroatoms. The Balaban J connectivity index is 1.91. The Kier molecular flexibility index (Phi) is 5.53. The lowest BCUT2D eigenvalue weighted by Crippen LogP contribution is -2.18. The fraction of sp³-hybridized carbons (Fsp3) is 0. The monoisotopic (exact) mass is 437 g/mol. The third kappa shape index (κ3) is 3.92. The first kappa shape index (κ1) is 20.1. The van der Waals surface area contributed by atoms with E-state index in [0.717, 1.165) is 6.07 Å². The maximum Gasteiger partial charge on any atom is 0.260 e. The number of benzene rings is 3. The maximum absolute atomic E-state index is 13.3. The lowest BCUT2D eigenvalue weighted by molar-refractivity contribution is 0.104. The Labute approximate surface area is 181 Å². The van der Waals surface area contributed by atoms with E-state index in [1.807, 2.05) is 30.3 Å². The molecule has 0 fully saturated rings. The van der Waals surface area contributed by atoms with E-state index in [-0.39, 0.29) is 10.6 Å². The molecule has 4 rings (SSSR count). The van der Waals surface area contributed by atoms with Crippen LogP contribution >= 0.6 is 23.2 Å². The smallest absolute Gasteiger partial charge is 0.260 e. The van der Waals surface area contributed by atoms with Crippen molar-refractivity contribution in [3.05, 3.63) is 110 Å². The zero-order valence-electron chi connectivity index (χ0n) is 15.5. The summed E-state index contributed by atoms with van der Waals surface area (Å²) in [6, 6.07) is 18.1. The summed E-state index contributed by atoms with van der Waals surface area (Å²) in [5.41, 5.74) is 1.73. The minimum Gasteiger partial charge on any atom is -0.321 e. The highest BCUT2D eigenvalue weighted by molar-refractivity contribution is 6.32. The molecule has 30 heavy (non-hydrogen) atoms. The molecular weight excluding hydrogens is 424 g/mol. The molecule has 0 radical (unpaired) electrons. The molecule has 1 heterocycles. The molecule has 0 atom stereocenters. The van der Waals surface area contributed by atoms with Gasteiger partial charge in [-0.2, -0.15) is 0 Å². The van der Waals surface area contributed by atoms with Gasteiger partial charge >= 0.3 is 0 Å². The third-order valence-corrected chi connectivity index (χ3v) is 5.22. The second-order valence-electron chi connectivity index (χ2n) is 6.62. The molecule has 3 nitrogen and oxygen atoms in total. The number of carbonyl (C=O) groups excluding carboxylic acids is 1. The van der Waals surface area contributed by atoms with E-state index in [1.165, 1.54) is 24.3 Å². The van der Waals surface area contributed by atoms with Crippen LogP contribution in [0.1, 0.15) is 15.9 Å². The number of ketones is 1. The SMILES string of the molecule is O=C(/C=C/c1ccc(F)cc1Cl)c1c(-c2ccccc2)c2cc(Cl)ccc2[nH]c1=O. The summed E-state index contributed by atoms with van der Waals surface area (Å²) >= 11 is 12.2. The van der Waals surface area contributed by atoms with Gasteiger partial charge in [-0.1, -0.05) is 59.6 Å². The molecule has 0 aliphatic heterocycles. The number of pyridine rings is 1. The molecule has 0 spiro atoms. The van der Waals surface area contributed by atoms with Gasteiger partial charge in [0.1, 0.15) is 5.82 Å². The molecule has 0 unspecified atom stereocenters. The molecule has 0 aliphatic rings. The van der Waals surface area contributed by atoms with Gasteiger partial charge < -0.3 is 4.98 Å². The minimum absolute atomic E-state index is 0.00884. The number of carbonyl (C=O) groups is 1. The number of H-pyrrole nitrogens is 1. The molecule has 148 valence electrons. The van der Waals surface area contributed by atoms with Gasteiger partial charge in [0, 0.05) is 21.5 Å². The van der Waals surface area contributed by atoms with E-state index in [4.69, 9.17) is 23.2 Å². The van der Waals surface area contributed by atoms with E-state index >= 15 is 0 Å². The van der Waals surface area contributed by atoms with Crippen LogP contribution in [0.25, 0.3) is 28.1 Å². The van der Waals surface area contributed by atoms with Gasteiger partial charge in [0.25, 0.3) is 5.56 Å². The van der Waals surface area contributed by atoms with Gasteiger partial charge in [0.15, 0.2) is 5.78 Å². The zero-order valence-corrected chi connectivity index (χ0v) is 17.0. The highest BCUT2D eigenvalue weighted by atomic mass is 35.5. The first-order valence-corrected chi connectivity index (χ1v) is 9.78. The Morgan fingerprint density at radius 2 is 1.73 bits per heavy atom. The summed E-state index contributed by atoms with van der Waals surface area (Å²) in [6.07, 6.45) is 2.72. The van der Waals surface area contributed by atoms with Crippen molar-refractivity contribution in [2.24, 2.45) is 0 Å². The molecule has 0 saturated heterocycles. The average Bonchev–Trinajstić information content (AvgIpc) is 2.73. The van der Waals surface area contributed by atoms with Gasteiger partial charge in [-0.05, 0) is 53.6 Å². The second-order valence-corrected chi connectivity index (χ2v) is 7.47. The fourth-order valence-electron chi connectivity index (χ4n) is 3.29. The lowest BCUT2D eigenvalue weighted by atomic mass is 9.94. The highest BCUT2D eigenvalue weighted by Crippen LogP contribution is 2.31. The highest BCUT2D eigenvalue weighted by Gasteiger charge is 2.19. The van der Waals surface area contributed by atoms with Crippen LogP contribution in [0, 0.1) is 5.82 Å². The topological polar surface area (TPSA) is 49.9 Å². The van der Waals surface area contributed by atoms with Crippen molar-refractivity contribution in [2.75, 3.05) is 0 Å². The molecular formula is C24H14Cl2FNO2. The number of fused-ring (bicyclic) bond motifs is 1. The van der Waals surface area contributed by atoms with Crippen molar-refractivity contribution in [3.8, 4) is 11.1 Å². The van der Waals surface area contributed by atoms with Gasteiger partial charge in [0.2, 0.25) is 0 Å². The number of aromatic nitrogens is 1. The van der Waals surface area contributed by atoms with Crippen LogP contribution in [-0.2, 0) is 0 Å². The van der Waals surface area contributed by atoms with E-state index in [9.17, 15) is 14.0 Å². The number of allylic oxidation sites excluding steroid dienone is 1. The molecule has 0 saturated carbocycles. The van der Waals surface area contributed by atoms with Crippen LogP contribution in [-0.4, -0.2) is 10.8 Å². The van der Waals surface area contributed by atoms with Crippen LogP contribution in [0.5, 0.6) is 0 Å². The fourth-order valence-corrected chi connectivity index (χ4v) is 3.69. The summed E-state index contributed by atoms with van der Waals surface area (Å²) in [7, 11) is 0. The van der Waals surface area contributed by atoms with Gasteiger partial charge in [-0.3, -0.25) is 9.59 Å². The predicted octanol–water partition coefficient (Wildman–Crippen LogP) is 6.54. The lowest BCUT2D eigenvalue weighted by Gasteiger charge is -2.11. The van der Waals surface area contributed by atoms with E-state index < -0.39 is 17.2 Å². The van der Waals surface area contributed by atoms with Crippen molar-refractivity contribution in [3.63, 3.8) is 0 Å². The Bertz CT molecular complexity index is 1360. The quantitative estimate of drug-likeness (QED) is 0.291. The number of aromatic amines is 1. The number of hydrogen-bond donors (Lipinski definition) is 1. The van der Waals surface area contributed by atoms with Crippen LogP contribution in [0.2, 0.25) is 10.0 Å².